The van der Waals surface area contributed by atoms with Gasteiger partial charge in [0.2, 0.25) is 5.78 Å². The zero-order valence-corrected chi connectivity index (χ0v) is 14.9. The molecule has 0 spiro atoms. The number of ketones is 1. The molecule has 132 valence electrons. The monoisotopic (exact) mass is 367 g/mol. The number of thioether (sulfide) groups is 1. The standard InChI is InChI=1S/C20H17NO4S/c1-2-25-20(24)17-18(23)16(12-13-7-6-10-15(22)11-13)26-19(17)21-14-8-4-3-5-9-14/h3-12,21-22H,2H2,1H3/b16-12-. The van der Waals surface area contributed by atoms with Crippen LogP contribution in [0, 0.1) is 0 Å². The van der Waals surface area contributed by atoms with E-state index in [9.17, 15) is 14.7 Å². The molecule has 2 aromatic carbocycles. The summed E-state index contributed by atoms with van der Waals surface area (Å²) in [6, 6.07) is 15.9. The molecule has 26 heavy (non-hydrogen) atoms. The highest BCUT2D eigenvalue weighted by molar-refractivity contribution is 8.08. The number of carbonyl (C=O) groups excluding carboxylic acids is 2. The van der Waals surface area contributed by atoms with Gasteiger partial charge in [-0.15, -0.1) is 0 Å². The number of rotatable bonds is 5. The lowest BCUT2D eigenvalue weighted by Crippen LogP contribution is -2.16. The van der Waals surface area contributed by atoms with Crippen LogP contribution in [0.1, 0.15) is 12.5 Å². The number of hydrogen-bond acceptors (Lipinski definition) is 6. The van der Waals surface area contributed by atoms with E-state index in [1.54, 1.807) is 37.3 Å². The van der Waals surface area contributed by atoms with E-state index in [-0.39, 0.29) is 17.9 Å². The maximum atomic E-state index is 12.8. The van der Waals surface area contributed by atoms with E-state index >= 15 is 0 Å². The highest BCUT2D eigenvalue weighted by atomic mass is 32.2. The average molecular weight is 367 g/mol. The summed E-state index contributed by atoms with van der Waals surface area (Å²) >= 11 is 1.17. The van der Waals surface area contributed by atoms with Gasteiger partial charge in [0.1, 0.15) is 11.3 Å². The second-order valence-corrected chi connectivity index (χ2v) is 6.50. The number of phenolic OH excluding ortho intramolecular Hbond substituents is 1. The second-order valence-electron chi connectivity index (χ2n) is 5.45. The number of Topliss-reactive ketones (excluding diaryl/α,β-unsaturated/α-hetero) is 1. The Balaban J connectivity index is 1.94. The summed E-state index contributed by atoms with van der Waals surface area (Å²) < 4.78 is 5.04. The summed E-state index contributed by atoms with van der Waals surface area (Å²) in [5.74, 6) is -0.936. The van der Waals surface area contributed by atoms with Crippen LogP contribution in [0.2, 0.25) is 0 Å². The van der Waals surface area contributed by atoms with Crippen molar-refractivity contribution in [1.82, 2.24) is 0 Å². The molecule has 1 aliphatic heterocycles. The molecule has 1 heterocycles. The van der Waals surface area contributed by atoms with Gasteiger partial charge in [-0.25, -0.2) is 4.79 Å². The zero-order chi connectivity index (χ0) is 18.5. The van der Waals surface area contributed by atoms with Gasteiger partial charge in [-0.2, -0.15) is 0 Å². The molecule has 0 radical (unpaired) electrons. The highest BCUT2D eigenvalue weighted by Gasteiger charge is 2.35. The lowest BCUT2D eigenvalue weighted by Gasteiger charge is -2.08. The Kier molecular flexibility index (Phi) is 5.43. The number of nitrogens with one attached hydrogen (secondary N) is 1. The van der Waals surface area contributed by atoms with Crippen LogP contribution in [-0.2, 0) is 14.3 Å². The first-order chi connectivity index (χ1) is 12.6. The van der Waals surface area contributed by atoms with E-state index in [2.05, 4.69) is 5.32 Å². The fourth-order valence-electron chi connectivity index (χ4n) is 2.42. The number of esters is 1. The average Bonchev–Trinajstić information content (AvgIpc) is 2.91. The molecule has 0 unspecified atom stereocenters. The topological polar surface area (TPSA) is 75.6 Å². The summed E-state index contributed by atoms with van der Waals surface area (Å²) in [4.78, 5) is 25.4. The van der Waals surface area contributed by atoms with Crippen molar-refractivity contribution in [2.75, 3.05) is 11.9 Å². The Morgan fingerprint density at radius 1 is 1.19 bits per heavy atom. The van der Waals surface area contributed by atoms with Crippen molar-refractivity contribution in [1.29, 1.82) is 0 Å². The quantitative estimate of drug-likeness (QED) is 0.474. The van der Waals surface area contributed by atoms with Crippen molar-refractivity contribution in [2.24, 2.45) is 0 Å². The van der Waals surface area contributed by atoms with Crippen LogP contribution < -0.4 is 5.32 Å². The summed E-state index contributed by atoms with van der Waals surface area (Å²) in [6.45, 7) is 1.88. The predicted octanol–water partition coefficient (Wildman–Crippen LogP) is 3.94. The van der Waals surface area contributed by atoms with Crippen LogP contribution >= 0.6 is 11.8 Å². The molecule has 0 aliphatic carbocycles. The third-order valence-corrected chi connectivity index (χ3v) is 4.60. The van der Waals surface area contributed by atoms with Gasteiger partial charge in [0.15, 0.2) is 0 Å². The maximum absolute atomic E-state index is 12.8. The second kappa shape index (κ2) is 7.93. The predicted molar refractivity (Wildman–Crippen MR) is 102 cm³/mol. The van der Waals surface area contributed by atoms with E-state index in [4.69, 9.17) is 4.74 Å². The minimum atomic E-state index is -0.650. The van der Waals surface area contributed by atoms with Crippen molar-refractivity contribution >= 4 is 35.3 Å². The lowest BCUT2D eigenvalue weighted by atomic mass is 10.1. The van der Waals surface area contributed by atoms with Crippen molar-refractivity contribution < 1.29 is 19.4 Å². The Morgan fingerprint density at radius 3 is 2.65 bits per heavy atom. The number of hydrogen-bond donors (Lipinski definition) is 2. The van der Waals surface area contributed by atoms with E-state index in [0.717, 1.165) is 5.69 Å². The van der Waals surface area contributed by atoms with Crippen LogP contribution in [-0.4, -0.2) is 23.5 Å². The van der Waals surface area contributed by atoms with Gasteiger partial charge < -0.3 is 15.2 Å². The van der Waals surface area contributed by atoms with E-state index in [1.165, 1.54) is 11.8 Å². The van der Waals surface area contributed by atoms with E-state index < -0.39 is 11.8 Å². The van der Waals surface area contributed by atoms with Gasteiger partial charge in [0, 0.05) is 5.69 Å². The first-order valence-electron chi connectivity index (χ1n) is 8.05. The first kappa shape index (κ1) is 17.8. The fraction of sp³-hybridized carbons (Fsp3) is 0.100. The Morgan fingerprint density at radius 2 is 1.96 bits per heavy atom. The van der Waals surface area contributed by atoms with Gasteiger partial charge in [-0.1, -0.05) is 42.1 Å². The minimum absolute atomic E-state index is 0.00731. The molecule has 0 aromatic heterocycles. The molecular formula is C20H17NO4S. The number of benzene rings is 2. The highest BCUT2D eigenvalue weighted by Crippen LogP contribution is 2.40. The first-order valence-corrected chi connectivity index (χ1v) is 8.87. The summed E-state index contributed by atoms with van der Waals surface area (Å²) in [6.07, 6.45) is 1.64. The maximum Gasteiger partial charge on any atom is 0.344 e. The van der Waals surface area contributed by atoms with Crippen LogP contribution in [0.25, 0.3) is 6.08 Å². The van der Waals surface area contributed by atoms with Gasteiger partial charge in [-0.05, 0) is 42.8 Å². The molecule has 2 N–H and O–H groups in total. The van der Waals surface area contributed by atoms with Crippen LogP contribution in [0.3, 0.4) is 0 Å². The molecule has 0 atom stereocenters. The van der Waals surface area contributed by atoms with Crippen molar-refractivity contribution in [3.05, 3.63) is 75.7 Å². The molecule has 5 nitrogen and oxygen atoms in total. The molecule has 0 fully saturated rings. The zero-order valence-electron chi connectivity index (χ0n) is 14.1. The fourth-order valence-corrected chi connectivity index (χ4v) is 3.48. The van der Waals surface area contributed by atoms with Crippen LogP contribution in [0.4, 0.5) is 5.69 Å². The van der Waals surface area contributed by atoms with Crippen LogP contribution in [0.5, 0.6) is 5.75 Å². The Labute approximate surface area is 155 Å². The Bertz CT molecular complexity index is 903. The number of aromatic hydroxyl groups is 1. The SMILES string of the molecule is CCOC(=O)C1=C(Nc2ccccc2)S/C(=C\c2cccc(O)c2)C1=O. The third kappa shape index (κ3) is 3.97. The summed E-state index contributed by atoms with van der Waals surface area (Å²) in [5.41, 5.74) is 1.43. The molecule has 2 aromatic rings. The largest absolute Gasteiger partial charge is 0.508 e. The molecule has 0 amide bonds. The number of para-hydroxylation sites is 1. The summed E-state index contributed by atoms with van der Waals surface area (Å²) in [7, 11) is 0. The van der Waals surface area contributed by atoms with Crippen molar-refractivity contribution in [2.45, 2.75) is 6.92 Å². The lowest BCUT2D eigenvalue weighted by molar-refractivity contribution is -0.139. The number of phenols is 1. The Hall–Kier alpha value is -2.99. The third-order valence-electron chi connectivity index (χ3n) is 3.57. The molecule has 1 aliphatic rings. The number of anilines is 1. The molecule has 0 bridgehead atoms. The normalized spacial score (nSPS) is 15.4. The van der Waals surface area contributed by atoms with E-state index in [0.29, 0.717) is 15.5 Å². The minimum Gasteiger partial charge on any atom is -0.508 e. The van der Waals surface area contributed by atoms with Gasteiger partial charge in [0.25, 0.3) is 0 Å². The van der Waals surface area contributed by atoms with Crippen LogP contribution in [0.15, 0.2) is 70.1 Å². The van der Waals surface area contributed by atoms with Crippen molar-refractivity contribution in [3.63, 3.8) is 0 Å². The summed E-state index contributed by atoms with van der Waals surface area (Å²) in [5, 5.41) is 13.1. The number of carbonyl (C=O) groups is 2. The molecule has 0 saturated carbocycles. The number of ether oxygens (including phenoxy) is 1. The molecule has 0 saturated heterocycles. The number of allylic oxidation sites excluding steroid dienone is 1. The molecule has 6 heteroatoms. The van der Waals surface area contributed by atoms with Gasteiger partial charge in [0.05, 0.1) is 16.5 Å². The molecule has 3 rings (SSSR count). The smallest absolute Gasteiger partial charge is 0.344 e. The molecular weight excluding hydrogens is 350 g/mol. The van der Waals surface area contributed by atoms with E-state index in [1.807, 2.05) is 30.3 Å². The van der Waals surface area contributed by atoms with Crippen molar-refractivity contribution in [3.8, 4) is 5.75 Å². The van der Waals surface area contributed by atoms with Gasteiger partial charge >= 0.3 is 5.97 Å². The van der Waals surface area contributed by atoms with Gasteiger partial charge in [-0.3, -0.25) is 4.79 Å².